The second kappa shape index (κ2) is 12.7. The van der Waals surface area contributed by atoms with Gasteiger partial charge in [-0.1, -0.05) is 26.8 Å². The van der Waals surface area contributed by atoms with Gasteiger partial charge in [0.25, 0.3) is 5.56 Å². The number of ether oxygens (including phenoxy) is 1. The summed E-state index contributed by atoms with van der Waals surface area (Å²) >= 11 is 5.67. The van der Waals surface area contributed by atoms with Crippen LogP contribution in [0.5, 0.6) is 0 Å². The van der Waals surface area contributed by atoms with Crippen molar-refractivity contribution in [2.45, 2.75) is 40.2 Å². The van der Waals surface area contributed by atoms with Crippen LogP contribution in [0.1, 0.15) is 38.3 Å². The highest BCUT2D eigenvalue weighted by atomic mass is 32.1. The Kier molecular flexibility index (Phi) is 10.3. The molecule has 1 aromatic heterocycles. The fraction of sp³-hybridized carbons (Fsp3) is 0.565. The lowest BCUT2D eigenvalue weighted by Gasteiger charge is -2.29. The zero-order valence-electron chi connectivity index (χ0n) is 18.8. The molecular formula is C23H36N4O2S. The maximum Gasteiger partial charge on any atom is 0.253 e. The molecule has 0 spiro atoms. The number of aryl methyl sites for hydroxylation is 1. The van der Waals surface area contributed by atoms with Gasteiger partial charge in [-0.25, -0.2) is 0 Å². The number of nitrogens with one attached hydrogen (secondary N) is 2. The van der Waals surface area contributed by atoms with Crippen molar-refractivity contribution < 1.29 is 4.74 Å². The standard InChI is InChI=1S/C23H36N4O2S/c1-5-18-9-10-21-19(15-18)16-20(22(28)25-21)17-27(13-12-26(6-2)7-3)23(30)24-11-8-14-29-4/h9-10,15-16H,5-8,11-14,17H2,1-4H3,(H,24,30)(H,25,28). The molecule has 7 heteroatoms. The Balaban J connectivity index is 2.21. The number of thiocarbonyl (C=S) groups is 1. The Labute approximate surface area is 185 Å². The van der Waals surface area contributed by atoms with E-state index < -0.39 is 0 Å². The average molecular weight is 433 g/mol. The summed E-state index contributed by atoms with van der Waals surface area (Å²) in [5.74, 6) is 0. The van der Waals surface area contributed by atoms with E-state index >= 15 is 0 Å². The number of hydrogen-bond acceptors (Lipinski definition) is 4. The predicted octanol–water partition coefficient (Wildman–Crippen LogP) is 3.15. The molecule has 0 saturated carbocycles. The van der Waals surface area contributed by atoms with Crippen LogP contribution >= 0.6 is 12.2 Å². The maximum absolute atomic E-state index is 12.7. The largest absolute Gasteiger partial charge is 0.385 e. The van der Waals surface area contributed by atoms with Gasteiger partial charge >= 0.3 is 0 Å². The highest BCUT2D eigenvalue weighted by molar-refractivity contribution is 7.80. The van der Waals surface area contributed by atoms with Gasteiger partial charge in [0.05, 0.1) is 6.54 Å². The minimum absolute atomic E-state index is 0.0539. The van der Waals surface area contributed by atoms with E-state index in [2.05, 4.69) is 53.0 Å². The van der Waals surface area contributed by atoms with E-state index in [4.69, 9.17) is 17.0 Å². The Hall–Kier alpha value is -1.96. The van der Waals surface area contributed by atoms with Crippen LogP contribution in [0, 0.1) is 0 Å². The molecule has 2 N–H and O–H groups in total. The van der Waals surface area contributed by atoms with Gasteiger partial charge < -0.3 is 24.8 Å². The molecule has 0 saturated heterocycles. The number of hydrogen-bond donors (Lipinski definition) is 2. The van der Waals surface area contributed by atoms with Crippen molar-refractivity contribution in [1.29, 1.82) is 0 Å². The average Bonchev–Trinajstić information content (AvgIpc) is 2.76. The first kappa shape index (κ1) is 24.3. The Bertz CT molecular complexity index is 864. The van der Waals surface area contributed by atoms with Crippen LogP contribution in [0.25, 0.3) is 10.9 Å². The van der Waals surface area contributed by atoms with E-state index in [1.165, 1.54) is 5.56 Å². The van der Waals surface area contributed by atoms with Crippen molar-refractivity contribution in [1.82, 2.24) is 20.1 Å². The van der Waals surface area contributed by atoms with Gasteiger partial charge in [-0.05, 0) is 67.3 Å². The van der Waals surface area contributed by atoms with Crippen LogP contribution in [-0.4, -0.2) is 66.3 Å². The lowest BCUT2D eigenvalue weighted by Crippen LogP contribution is -2.44. The lowest BCUT2D eigenvalue weighted by molar-refractivity contribution is 0.195. The predicted molar refractivity (Wildman–Crippen MR) is 129 cm³/mol. The number of aromatic nitrogens is 1. The van der Waals surface area contributed by atoms with E-state index in [-0.39, 0.29) is 5.56 Å². The molecule has 0 aliphatic heterocycles. The molecule has 2 aromatic rings. The molecule has 0 amide bonds. The van der Waals surface area contributed by atoms with Gasteiger partial charge in [-0.3, -0.25) is 4.79 Å². The molecule has 0 aliphatic rings. The number of methoxy groups -OCH3 is 1. The van der Waals surface area contributed by atoms with Crippen LogP contribution < -0.4 is 10.9 Å². The summed E-state index contributed by atoms with van der Waals surface area (Å²) in [6, 6.07) is 8.20. The highest BCUT2D eigenvalue weighted by Gasteiger charge is 2.14. The smallest absolute Gasteiger partial charge is 0.253 e. The molecule has 1 aromatic carbocycles. The van der Waals surface area contributed by atoms with Crippen LogP contribution in [0.3, 0.4) is 0 Å². The van der Waals surface area contributed by atoms with Gasteiger partial charge in [0.15, 0.2) is 5.11 Å². The van der Waals surface area contributed by atoms with Gasteiger partial charge in [0.1, 0.15) is 0 Å². The van der Waals surface area contributed by atoms with Crippen molar-refractivity contribution in [3.63, 3.8) is 0 Å². The molecule has 166 valence electrons. The van der Waals surface area contributed by atoms with Crippen molar-refractivity contribution in [3.05, 3.63) is 45.7 Å². The first-order valence-corrected chi connectivity index (χ1v) is 11.3. The van der Waals surface area contributed by atoms with Gasteiger partial charge in [0, 0.05) is 44.4 Å². The molecule has 0 unspecified atom stereocenters. The summed E-state index contributed by atoms with van der Waals surface area (Å²) in [4.78, 5) is 20.2. The summed E-state index contributed by atoms with van der Waals surface area (Å²) in [7, 11) is 1.70. The normalized spacial score (nSPS) is 11.2. The SMILES string of the molecule is CCc1ccc2[nH]c(=O)c(CN(CCN(CC)CC)C(=S)NCCCOC)cc2c1. The van der Waals surface area contributed by atoms with Crippen LogP contribution in [-0.2, 0) is 17.7 Å². The Morgan fingerprint density at radius 1 is 1.17 bits per heavy atom. The van der Waals surface area contributed by atoms with E-state index in [0.717, 1.165) is 62.0 Å². The minimum atomic E-state index is -0.0539. The molecule has 0 atom stereocenters. The molecule has 0 bridgehead atoms. The fourth-order valence-corrected chi connectivity index (χ4v) is 3.68. The first-order chi connectivity index (χ1) is 14.5. The second-order valence-corrected chi connectivity index (χ2v) is 7.81. The van der Waals surface area contributed by atoms with Crippen LogP contribution in [0.15, 0.2) is 29.1 Å². The van der Waals surface area contributed by atoms with E-state index in [0.29, 0.717) is 18.3 Å². The molecule has 30 heavy (non-hydrogen) atoms. The lowest BCUT2D eigenvalue weighted by atomic mass is 10.1. The zero-order valence-corrected chi connectivity index (χ0v) is 19.6. The van der Waals surface area contributed by atoms with Crippen LogP contribution in [0.2, 0.25) is 0 Å². The number of rotatable bonds is 12. The third kappa shape index (κ3) is 7.07. The molecule has 0 radical (unpaired) electrons. The number of likely N-dealkylation sites (N-methyl/N-ethyl adjacent to an activating group) is 1. The molecule has 0 aliphatic carbocycles. The van der Waals surface area contributed by atoms with Crippen molar-refractivity contribution in [2.75, 3.05) is 46.4 Å². The first-order valence-electron chi connectivity index (χ1n) is 10.9. The summed E-state index contributed by atoms with van der Waals surface area (Å²) < 4.78 is 5.11. The van der Waals surface area contributed by atoms with Gasteiger partial charge in [-0.15, -0.1) is 0 Å². The topological polar surface area (TPSA) is 60.6 Å². The molecule has 2 rings (SSSR count). The van der Waals surface area contributed by atoms with Crippen molar-refractivity contribution in [3.8, 4) is 0 Å². The molecule has 0 fully saturated rings. The van der Waals surface area contributed by atoms with Crippen LogP contribution in [0.4, 0.5) is 0 Å². The third-order valence-corrected chi connectivity index (χ3v) is 5.83. The molecular weight excluding hydrogens is 396 g/mol. The Morgan fingerprint density at radius 3 is 2.60 bits per heavy atom. The monoisotopic (exact) mass is 432 g/mol. The van der Waals surface area contributed by atoms with E-state index in [9.17, 15) is 4.79 Å². The molecule has 6 nitrogen and oxygen atoms in total. The fourth-order valence-electron chi connectivity index (χ4n) is 3.42. The second-order valence-electron chi connectivity index (χ2n) is 7.43. The van der Waals surface area contributed by atoms with E-state index in [1.54, 1.807) is 7.11 Å². The molecule has 1 heterocycles. The van der Waals surface area contributed by atoms with E-state index in [1.807, 2.05) is 12.1 Å². The number of nitrogens with zero attached hydrogens (tertiary/aromatic N) is 2. The zero-order chi connectivity index (χ0) is 21.9. The summed E-state index contributed by atoms with van der Waals surface area (Å²) in [5, 5.41) is 5.06. The Morgan fingerprint density at radius 2 is 1.93 bits per heavy atom. The third-order valence-electron chi connectivity index (χ3n) is 5.42. The van der Waals surface area contributed by atoms with Gasteiger partial charge in [0.2, 0.25) is 0 Å². The maximum atomic E-state index is 12.7. The number of pyridine rings is 1. The summed E-state index contributed by atoms with van der Waals surface area (Å²) in [6.45, 7) is 12.0. The number of aromatic amines is 1. The van der Waals surface area contributed by atoms with Gasteiger partial charge in [-0.2, -0.15) is 0 Å². The summed E-state index contributed by atoms with van der Waals surface area (Å²) in [5.41, 5.74) is 2.81. The number of fused-ring (bicyclic) bond motifs is 1. The van der Waals surface area contributed by atoms with Crippen molar-refractivity contribution >= 4 is 28.2 Å². The van der Waals surface area contributed by atoms with Crippen molar-refractivity contribution in [2.24, 2.45) is 0 Å². The summed E-state index contributed by atoms with van der Waals surface area (Å²) in [6.07, 6.45) is 1.85. The quantitative estimate of drug-likeness (QED) is 0.397. The number of benzene rings is 1. The minimum Gasteiger partial charge on any atom is -0.385 e. The highest BCUT2D eigenvalue weighted by Crippen LogP contribution is 2.15. The number of H-pyrrole nitrogens is 1.